The van der Waals surface area contributed by atoms with Gasteiger partial charge in [-0.15, -0.1) is 0 Å². The first-order valence-electron chi connectivity index (χ1n) is 21.6. The Bertz CT molecular complexity index is 3260. The lowest BCUT2D eigenvalue weighted by molar-refractivity contribution is 0.0245. The molecule has 0 fully saturated rings. The molecule has 0 spiro atoms. The number of anilines is 2. The van der Waals surface area contributed by atoms with Gasteiger partial charge in [0.15, 0.2) is 11.2 Å². The first-order valence-corrected chi connectivity index (χ1v) is 21.6. The van der Waals surface area contributed by atoms with Crippen LogP contribution < -0.4 is 9.80 Å². The smallest absolute Gasteiger partial charge is 0.340 e. The average molecular weight is 846 g/mol. The fraction of sp³-hybridized carbons (Fsp3) is 0.200. The van der Waals surface area contributed by atoms with E-state index in [1.165, 1.54) is 0 Å². The number of cyclic esters (lactones) is 2. The molecule has 0 saturated heterocycles. The van der Waals surface area contributed by atoms with Gasteiger partial charge in [0.05, 0.1) is 11.1 Å². The van der Waals surface area contributed by atoms with Crippen molar-refractivity contribution in [3.63, 3.8) is 0 Å². The molecule has 0 aliphatic carbocycles. The number of rotatable bonds is 6. The molecule has 1 unspecified atom stereocenters. The average Bonchev–Trinajstić information content (AvgIpc) is 4.04. The predicted octanol–water partition coefficient (Wildman–Crippen LogP) is 10.8. The van der Waals surface area contributed by atoms with Crippen molar-refractivity contribution in [3.8, 4) is 0 Å². The highest BCUT2D eigenvalue weighted by Crippen LogP contribution is 2.55. The molecule has 9 heteroatoms. The maximum atomic E-state index is 13.6. The molecule has 320 valence electrons. The summed E-state index contributed by atoms with van der Waals surface area (Å²) in [5.41, 5.74) is 13.5. The van der Waals surface area contributed by atoms with Crippen LogP contribution in [0, 0.1) is 20.8 Å². The molecule has 64 heavy (non-hydrogen) atoms. The number of H-pyrrole nitrogens is 1. The minimum atomic E-state index is -1.08. The number of aromatic nitrogens is 3. The molecule has 0 radical (unpaired) electrons. The van der Waals surface area contributed by atoms with Crippen molar-refractivity contribution < 1.29 is 19.1 Å². The fourth-order valence-electron chi connectivity index (χ4n) is 10.4. The lowest BCUT2D eigenvalue weighted by Crippen LogP contribution is -2.31. The van der Waals surface area contributed by atoms with E-state index in [0.717, 1.165) is 94.5 Å². The number of nitrogens with zero attached hydrogens (tertiary/aromatic N) is 4. The van der Waals surface area contributed by atoms with Gasteiger partial charge < -0.3 is 33.4 Å². The van der Waals surface area contributed by atoms with Gasteiger partial charge in [-0.1, -0.05) is 84.9 Å². The van der Waals surface area contributed by atoms with E-state index in [2.05, 4.69) is 143 Å². The maximum absolute atomic E-state index is 13.6. The van der Waals surface area contributed by atoms with E-state index in [1.807, 2.05) is 83.6 Å². The van der Waals surface area contributed by atoms with Crippen molar-refractivity contribution in [2.45, 2.75) is 32.0 Å². The normalized spacial score (nSPS) is 16.1. The second-order valence-electron chi connectivity index (χ2n) is 17.5. The third-order valence-electron chi connectivity index (χ3n) is 13.7. The minimum Gasteiger partial charge on any atom is -0.440 e. The van der Waals surface area contributed by atoms with Gasteiger partial charge in [-0.2, -0.15) is 0 Å². The van der Waals surface area contributed by atoms with Crippen LogP contribution in [-0.4, -0.2) is 54.2 Å². The minimum absolute atomic E-state index is 0.287. The number of aromatic amines is 1. The Morgan fingerprint density at radius 1 is 0.500 bits per heavy atom. The standard InChI is InChI=1S/C30H29N3O2.C25H22N2O2/c1-18-27(22-11-7-9-13-25(22)32(18)5)30(28-19(2)33(6)26-14-10-8-12-23(26)28)24-17-20(31(3)4)15-16-21(24)29(34)35-30;1-16-23(20-9-5-7-11-22(20)26-16)25(17-12-14-18(15-13-17)27(2)3)21-10-6-4-8-19(21)24(28)29-25/h7-17H,1-6H3;4-15,26H,1-3H3. The molecule has 0 amide bonds. The summed E-state index contributed by atoms with van der Waals surface area (Å²) in [4.78, 5) is 34.1. The van der Waals surface area contributed by atoms with Crippen LogP contribution in [0.15, 0.2) is 140 Å². The van der Waals surface area contributed by atoms with Gasteiger partial charge >= 0.3 is 11.9 Å². The van der Waals surface area contributed by atoms with E-state index in [4.69, 9.17) is 9.47 Å². The molecule has 0 saturated carbocycles. The molecule has 3 aromatic heterocycles. The van der Waals surface area contributed by atoms with Crippen LogP contribution in [0.2, 0.25) is 0 Å². The van der Waals surface area contributed by atoms with Crippen LogP contribution in [0.5, 0.6) is 0 Å². The van der Waals surface area contributed by atoms with Gasteiger partial charge in [-0.05, 0) is 75.4 Å². The number of hydrogen-bond donors (Lipinski definition) is 1. The second kappa shape index (κ2) is 14.8. The molecular weight excluding hydrogens is 795 g/mol. The summed E-state index contributed by atoms with van der Waals surface area (Å²) < 4.78 is 17.3. The van der Waals surface area contributed by atoms with Gasteiger partial charge in [0, 0.05) is 137 Å². The Labute approximate surface area is 373 Å². The van der Waals surface area contributed by atoms with E-state index in [0.29, 0.717) is 11.1 Å². The molecule has 11 rings (SSSR count). The molecule has 2 aliphatic heterocycles. The lowest BCUT2D eigenvalue weighted by Gasteiger charge is -2.32. The Kier molecular flexibility index (Phi) is 9.38. The van der Waals surface area contributed by atoms with Crippen LogP contribution in [0.1, 0.15) is 71.2 Å². The van der Waals surface area contributed by atoms with Gasteiger partial charge in [0.1, 0.15) is 0 Å². The summed E-state index contributed by atoms with van der Waals surface area (Å²) in [6.45, 7) is 6.29. The summed E-state index contributed by atoms with van der Waals surface area (Å²) in [5, 5.41) is 3.25. The highest BCUT2D eigenvalue weighted by molar-refractivity contribution is 6.02. The predicted molar refractivity (Wildman–Crippen MR) is 257 cm³/mol. The topological polar surface area (TPSA) is 84.7 Å². The van der Waals surface area contributed by atoms with Crippen molar-refractivity contribution in [1.29, 1.82) is 0 Å². The number of aryl methyl sites for hydroxylation is 3. The molecule has 6 aromatic carbocycles. The van der Waals surface area contributed by atoms with Crippen molar-refractivity contribution in [2.75, 3.05) is 38.0 Å². The third-order valence-corrected chi connectivity index (χ3v) is 13.7. The van der Waals surface area contributed by atoms with E-state index < -0.39 is 11.2 Å². The quantitative estimate of drug-likeness (QED) is 0.168. The van der Waals surface area contributed by atoms with Gasteiger partial charge in [-0.25, -0.2) is 9.59 Å². The van der Waals surface area contributed by atoms with Crippen LogP contribution in [0.3, 0.4) is 0 Å². The Morgan fingerprint density at radius 3 is 1.58 bits per heavy atom. The molecule has 2 aliphatic rings. The van der Waals surface area contributed by atoms with Gasteiger partial charge in [-0.3, -0.25) is 0 Å². The Morgan fingerprint density at radius 2 is 0.984 bits per heavy atom. The number of nitrogens with one attached hydrogen (secondary N) is 1. The van der Waals surface area contributed by atoms with Crippen LogP contribution in [-0.2, 0) is 34.8 Å². The van der Waals surface area contributed by atoms with E-state index in [9.17, 15) is 9.59 Å². The summed E-state index contributed by atoms with van der Waals surface area (Å²) in [5.74, 6) is -0.577. The summed E-state index contributed by atoms with van der Waals surface area (Å²) in [7, 11) is 12.2. The highest BCUT2D eigenvalue weighted by atomic mass is 16.6. The Balaban J connectivity index is 0.000000154. The molecule has 5 heterocycles. The SMILES string of the molecule is Cc1[nH]c2ccccc2c1C1(c2ccc(N(C)C)cc2)OC(=O)c2ccccc21.Cc1c(C2(c3c(C)n(C)c4ccccc34)OC(=O)c3ccc(N(C)C)cc32)c2ccccc2n1C. The van der Waals surface area contributed by atoms with Crippen molar-refractivity contribution in [2.24, 2.45) is 14.1 Å². The Hall–Kier alpha value is -7.52. The lowest BCUT2D eigenvalue weighted by atomic mass is 9.77. The van der Waals surface area contributed by atoms with Crippen molar-refractivity contribution in [1.82, 2.24) is 14.1 Å². The number of ether oxygens (including phenoxy) is 2. The number of fused-ring (bicyclic) bond motifs is 5. The molecule has 1 atom stereocenters. The molecule has 1 N–H and O–H groups in total. The van der Waals surface area contributed by atoms with Crippen molar-refractivity contribution >= 4 is 56.0 Å². The zero-order valence-electron chi connectivity index (χ0n) is 37.7. The molecule has 9 nitrogen and oxygen atoms in total. The fourth-order valence-corrected chi connectivity index (χ4v) is 10.4. The van der Waals surface area contributed by atoms with Gasteiger partial charge in [0.25, 0.3) is 0 Å². The van der Waals surface area contributed by atoms with Crippen LogP contribution in [0.4, 0.5) is 11.4 Å². The summed E-state index contributed by atoms with van der Waals surface area (Å²) in [6.07, 6.45) is 0. The number of para-hydroxylation sites is 3. The van der Waals surface area contributed by atoms with E-state index in [-0.39, 0.29) is 11.9 Å². The third kappa shape index (κ3) is 5.69. The van der Waals surface area contributed by atoms with Crippen LogP contribution >= 0.6 is 0 Å². The zero-order chi connectivity index (χ0) is 44.8. The number of carbonyl (C=O) groups is 2. The summed E-state index contributed by atoms with van der Waals surface area (Å²) >= 11 is 0. The highest BCUT2D eigenvalue weighted by Gasteiger charge is 2.54. The molecule has 0 bridgehead atoms. The number of carbonyl (C=O) groups excluding carboxylic acids is 2. The van der Waals surface area contributed by atoms with E-state index >= 15 is 0 Å². The number of esters is 2. The first kappa shape index (κ1) is 40.5. The monoisotopic (exact) mass is 845 g/mol. The van der Waals surface area contributed by atoms with E-state index in [1.54, 1.807) is 0 Å². The largest absolute Gasteiger partial charge is 0.440 e. The molecular formula is C55H51N5O4. The number of hydrogen-bond acceptors (Lipinski definition) is 6. The van der Waals surface area contributed by atoms with Crippen molar-refractivity contribution in [3.05, 3.63) is 201 Å². The summed E-state index contributed by atoms with van der Waals surface area (Å²) in [6, 6.07) is 46.9. The first-order chi connectivity index (χ1) is 30.8. The molecule has 9 aromatic rings. The van der Waals surface area contributed by atoms with Crippen LogP contribution in [0.25, 0.3) is 32.7 Å². The maximum Gasteiger partial charge on any atom is 0.340 e. The second-order valence-corrected chi connectivity index (χ2v) is 17.5. The van der Waals surface area contributed by atoms with Gasteiger partial charge in [0.2, 0.25) is 0 Å². The zero-order valence-corrected chi connectivity index (χ0v) is 37.7. The number of benzene rings is 6.